The summed E-state index contributed by atoms with van der Waals surface area (Å²) in [5.74, 6) is -0.0105. The van der Waals surface area contributed by atoms with Gasteiger partial charge in [-0.05, 0) is 13.8 Å². The second-order valence-electron chi connectivity index (χ2n) is 4.47. The van der Waals surface area contributed by atoms with Gasteiger partial charge in [-0.1, -0.05) is 0 Å². The van der Waals surface area contributed by atoms with Crippen molar-refractivity contribution in [1.29, 1.82) is 0 Å². The van der Waals surface area contributed by atoms with Crippen molar-refractivity contribution in [1.82, 2.24) is 14.8 Å². The van der Waals surface area contributed by atoms with Gasteiger partial charge in [0.05, 0.1) is 24.3 Å². The molecule has 114 valence electrons. The summed E-state index contributed by atoms with van der Waals surface area (Å²) in [5.41, 5.74) is 1.71. The van der Waals surface area contributed by atoms with Gasteiger partial charge in [-0.3, -0.25) is 4.68 Å². The third-order valence-electron chi connectivity index (χ3n) is 3.01. The Morgan fingerprint density at radius 3 is 2.81 bits per heavy atom. The molecule has 0 aliphatic rings. The quantitative estimate of drug-likeness (QED) is 0.593. The Bertz CT molecular complexity index is 651. The molecule has 2 heterocycles. The summed E-state index contributed by atoms with van der Waals surface area (Å²) in [4.78, 5) is 16.3. The number of nitrogens with zero attached hydrogens (tertiary/aromatic N) is 3. The molecule has 0 aliphatic heterocycles. The van der Waals surface area contributed by atoms with Crippen LogP contribution in [0.15, 0.2) is 6.20 Å². The number of hydrogen-bond acceptors (Lipinski definition) is 6. The molecule has 0 saturated heterocycles. The fraction of sp³-hybridized carbons (Fsp3) is 0.500. The maximum atomic E-state index is 12.1. The first kappa shape index (κ1) is 15.2. The highest BCUT2D eigenvalue weighted by Gasteiger charge is 2.21. The number of carbonyl (C=O) groups excluding carboxylic acids is 1. The van der Waals surface area contributed by atoms with Crippen LogP contribution in [0.25, 0.3) is 11.0 Å². The number of hydrogen-bond donors (Lipinski definition) is 0. The smallest absolute Gasteiger partial charge is 0.343 e. The van der Waals surface area contributed by atoms with Gasteiger partial charge in [0, 0.05) is 20.4 Å². The van der Waals surface area contributed by atoms with Gasteiger partial charge in [-0.15, -0.1) is 0 Å². The van der Waals surface area contributed by atoms with Crippen molar-refractivity contribution in [2.24, 2.45) is 7.05 Å². The van der Waals surface area contributed by atoms with E-state index in [1.165, 1.54) is 6.20 Å². The summed E-state index contributed by atoms with van der Waals surface area (Å²) in [5, 5.41) is 5.04. The van der Waals surface area contributed by atoms with Gasteiger partial charge in [-0.25, -0.2) is 9.78 Å². The summed E-state index contributed by atoms with van der Waals surface area (Å²) in [7, 11) is 3.39. The topological polar surface area (TPSA) is 75.5 Å². The van der Waals surface area contributed by atoms with E-state index < -0.39 is 5.97 Å². The molecule has 0 N–H and O–H groups in total. The molecule has 0 aromatic carbocycles. The number of rotatable bonds is 6. The van der Waals surface area contributed by atoms with Crippen LogP contribution in [-0.4, -0.2) is 47.7 Å². The second-order valence-corrected chi connectivity index (χ2v) is 4.47. The average Bonchev–Trinajstić information content (AvgIpc) is 2.75. The van der Waals surface area contributed by atoms with E-state index in [1.54, 1.807) is 25.8 Å². The van der Waals surface area contributed by atoms with Gasteiger partial charge in [0.2, 0.25) is 0 Å². The summed E-state index contributed by atoms with van der Waals surface area (Å²) < 4.78 is 17.4. The molecule has 21 heavy (non-hydrogen) atoms. The van der Waals surface area contributed by atoms with Crippen molar-refractivity contribution in [3.63, 3.8) is 0 Å². The van der Waals surface area contributed by atoms with E-state index in [2.05, 4.69) is 10.1 Å². The van der Waals surface area contributed by atoms with Crippen LogP contribution in [0.3, 0.4) is 0 Å². The van der Waals surface area contributed by atoms with Crippen molar-refractivity contribution >= 4 is 17.0 Å². The Balaban J connectivity index is 2.54. The average molecular weight is 293 g/mol. The fourth-order valence-electron chi connectivity index (χ4n) is 2.11. The van der Waals surface area contributed by atoms with Gasteiger partial charge < -0.3 is 14.2 Å². The molecular formula is C14H19N3O4. The number of fused-ring (bicyclic) bond motifs is 1. The molecule has 2 rings (SSSR count). The number of aryl methyl sites for hydroxylation is 2. The predicted molar refractivity (Wildman–Crippen MR) is 76.6 cm³/mol. The molecule has 0 atom stereocenters. The SMILES string of the molecule is CCOC(=O)c1cnc2c(c(C)nn2C)c1OCCOC. The zero-order chi connectivity index (χ0) is 15.4. The number of pyridine rings is 1. The first-order valence-corrected chi connectivity index (χ1v) is 6.71. The van der Waals surface area contributed by atoms with E-state index in [0.717, 1.165) is 11.1 Å². The van der Waals surface area contributed by atoms with Gasteiger partial charge in [0.1, 0.15) is 17.9 Å². The summed E-state index contributed by atoms with van der Waals surface area (Å²) in [6, 6.07) is 0. The van der Waals surface area contributed by atoms with Crippen molar-refractivity contribution < 1.29 is 19.0 Å². The molecule has 0 bridgehead atoms. The van der Waals surface area contributed by atoms with Gasteiger partial charge in [-0.2, -0.15) is 5.10 Å². The van der Waals surface area contributed by atoms with E-state index >= 15 is 0 Å². The van der Waals surface area contributed by atoms with Crippen LogP contribution < -0.4 is 4.74 Å². The highest BCUT2D eigenvalue weighted by atomic mass is 16.5. The molecule has 2 aromatic rings. The lowest BCUT2D eigenvalue weighted by Gasteiger charge is -2.11. The van der Waals surface area contributed by atoms with Crippen LogP contribution in [0.2, 0.25) is 0 Å². The molecule has 0 unspecified atom stereocenters. The molecule has 7 heteroatoms. The first-order valence-electron chi connectivity index (χ1n) is 6.71. The van der Waals surface area contributed by atoms with Crippen LogP contribution >= 0.6 is 0 Å². The molecular weight excluding hydrogens is 274 g/mol. The lowest BCUT2D eigenvalue weighted by molar-refractivity contribution is 0.0519. The normalized spacial score (nSPS) is 10.9. The van der Waals surface area contributed by atoms with Crippen LogP contribution in [0.4, 0.5) is 0 Å². The second kappa shape index (κ2) is 6.53. The Hall–Kier alpha value is -2.15. The maximum absolute atomic E-state index is 12.1. The van der Waals surface area contributed by atoms with Gasteiger partial charge >= 0.3 is 5.97 Å². The van der Waals surface area contributed by atoms with Gasteiger partial charge in [0.15, 0.2) is 5.65 Å². The Morgan fingerprint density at radius 1 is 1.38 bits per heavy atom. The first-order chi connectivity index (χ1) is 10.1. The van der Waals surface area contributed by atoms with Crippen LogP contribution in [0.1, 0.15) is 23.0 Å². The predicted octanol–water partition coefficient (Wildman–Crippen LogP) is 1.48. The zero-order valence-corrected chi connectivity index (χ0v) is 12.7. The molecule has 0 radical (unpaired) electrons. The largest absolute Gasteiger partial charge is 0.489 e. The third kappa shape index (κ3) is 2.97. The summed E-state index contributed by atoms with van der Waals surface area (Å²) in [6.45, 7) is 4.65. The minimum absolute atomic E-state index is 0.292. The van der Waals surface area contributed by atoms with Crippen molar-refractivity contribution in [3.8, 4) is 5.75 Å². The van der Waals surface area contributed by atoms with Crippen molar-refractivity contribution in [2.45, 2.75) is 13.8 Å². The Kier molecular flexibility index (Phi) is 4.74. The Labute approximate surface area is 122 Å². The van der Waals surface area contributed by atoms with E-state index in [9.17, 15) is 4.79 Å². The zero-order valence-electron chi connectivity index (χ0n) is 12.7. The molecule has 0 aliphatic carbocycles. The van der Waals surface area contributed by atoms with Crippen molar-refractivity contribution in [2.75, 3.05) is 26.9 Å². The standard InChI is InChI=1S/C14H19N3O4/c1-5-20-14(18)10-8-15-13-11(9(2)16-17(13)3)12(10)21-7-6-19-4/h8H,5-7H2,1-4H3. The number of methoxy groups -OCH3 is 1. The lowest BCUT2D eigenvalue weighted by Crippen LogP contribution is -2.12. The minimum atomic E-state index is -0.456. The number of aromatic nitrogens is 3. The summed E-state index contributed by atoms with van der Waals surface area (Å²) in [6.07, 6.45) is 1.46. The van der Waals surface area contributed by atoms with E-state index in [-0.39, 0.29) is 0 Å². The highest BCUT2D eigenvalue weighted by Crippen LogP contribution is 2.31. The van der Waals surface area contributed by atoms with E-state index in [4.69, 9.17) is 14.2 Å². The number of ether oxygens (including phenoxy) is 3. The lowest BCUT2D eigenvalue weighted by atomic mass is 10.1. The Morgan fingerprint density at radius 2 is 2.14 bits per heavy atom. The minimum Gasteiger partial charge on any atom is -0.489 e. The highest BCUT2D eigenvalue weighted by molar-refractivity contribution is 5.99. The van der Waals surface area contributed by atoms with E-state index in [0.29, 0.717) is 36.8 Å². The fourth-order valence-corrected chi connectivity index (χ4v) is 2.11. The molecule has 7 nitrogen and oxygen atoms in total. The van der Waals surface area contributed by atoms with Crippen LogP contribution in [-0.2, 0) is 16.5 Å². The molecule has 0 saturated carbocycles. The van der Waals surface area contributed by atoms with Gasteiger partial charge in [0.25, 0.3) is 0 Å². The number of carbonyl (C=O) groups is 1. The maximum Gasteiger partial charge on any atom is 0.343 e. The van der Waals surface area contributed by atoms with E-state index in [1.807, 2.05) is 6.92 Å². The van der Waals surface area contributed by atoms with Crippen molar-refractivity contribution in [3.05, 3.63) is 17.5 Å². The molecule has 2 aromatic heterocycles. The molecule has 0 spiro atoms. The molecule has 0 fully saturated rings. The number of esters is 1. The monoisotopic (exact) mass is 293 g/mol. The van der Waals surface area contributed by atoms with Crippen LogP contribution in [0, 0.1) is 6.92 Å². The summed E-state index contributed by atoms with van der Waals surface area (Å²) >= 11 is 0. The van der Waals surface area contributed by atoms with Crippen LogP contribution in [0.5, 0.6) is 5.75 Å². The third-order valence-corrected chi connectivity index (χ3v) is 3.01. The molecule has 0 amide bonds.